The van der Waals surface area contributed by atoms with Gasteiger partial charge >= 0.3 is 0 Å². The Labute approximate surface area is 115 Å². The Hall–Kier alpha value is -0.0800. The molecule has 1 heterocycles. The monoisotopic (exact) mass is 254 g/mol. The van der Waals surface area contributed by atoms with Gasteiger partial charge in [0, 0.05) is 19.1 Å². The van der Waals surface area contributed by atoms with Gasteiger partial charge in [0.1, 0.15) is 0 Å². The van der Waals surface area contributed by atoms with E-state index in [1.54, 1.807) is 0 Å². The van der Waals surface area contributed by atoms with Crippen molar-refractivity contribution in [1.29, 1.82) is 0 Å². The Morgan fingerprint density at radius 2 is 1.67 bits per heavy atom. The van der Waals surface area contributed by atoms with Crippen molar-refractivity contribution in [1.82, 2.24) is 10.2 Å². The predicted molar refractivity (Wildman–Crippen MR) is 80.9 cm³/mol. The van der Waals surface area contributed by atoms with Crippen LogP contribution in [0.15, 0.2) is 0 Å². The fourth-order valence-corrected chi connectivity index (χ4v) is 2.92. The predicted octanol–water partition coefficient (Wildman–Crippen LogP) is 3.38. The van der Waals surface area contributed by atoms with E-state index in [1.807, 2.05) is 0 Å². The number of rotatable bonds is 6. The van der Waals surface area contributed by atoms with Crippen molar-refractivity contribution >= 4 is 0 Å². The lowest BCUT2D eigenvalue weighted by Gasteiger charge is -2.38. The van der Waals surface area contributed by atoms with Crippen LogP contribution in [-0.4, -0.2) is 37.1 Å². The standard InChI is InChI=1S/C16H34N2/c1-13(2)15-7-9-18(10-8-15)12-16(5,6)11-17-14(3)4/h13-15,17H,7-12H2,1-6H3. The van der Waals surface area contributed by atoms with Crippen molar-refractivity contribution < 1.29 is 0 Å². The van der Waals surface area contributed by atoms with Crippen molar-refractivity contribution in [2.45, 2.75) is 60.4 Å². The van der Waals surface area contributed by atoms with Crippen LogP contribution in [0, 0.1) is 17.3 Å². The maximum atomic E-state index is 3.58. The normalized spacial score (nSPS) is 20.0. The first-order chi connectivity index (χ1) is 8.30. The zero-order chi connectivity index (χ0) is 13.8. The lowest BCUT2D eigenvalue weighted by Crippen LogP contribution is -2.45. The Bertz CT molecular complexity index is 225. The van der Waals surface area contributed by atoms with Crippen molar-refractivity contribution in [2.75, 3.05) is 26.2 Å². The van der Waals surface area contributed by atoms with E-state index in [1.165, 1.54) is 32.5 Å². The van der Waals surface area contributed by atoms with E-state index in [4.69, 9.17) is 0 Å². The van der Waals surface area contributed by atoms with Gasteiger partial charge in [-0.3, -0.25) is 0 Å². The van der Waals surface area contributed by atoms with E-state index < -0.39 is 0 Å². The number of nitrogens with one attached hydrogen (secondary N) is 1. The lowest BCUT2D eigenvalue weighted by molar-refractivity contribution is 0.111. The molecule has 0 unspecified atom stereocenters. The molecule has 2 heteroatoms. The molecule has 0 atom stereocenters. The molecule has 1 aliphatic heterocycles. The Balaban J connectivity index is 2.31. The molecule has 1 aliphatic rings. The molecule has 0 amide bonds. The zero-order valence-electron chi connectivity index (χ0n) is 13.4. The highest BCUT2D eigenvalue weighted by molar-refractivity contribution is 4.81. The zero-order valence-corrected chi connectivity index (χ0v) is 13.4. The molecule has 0 saturated carbocycles. The van der Waals surface area contributed by atoms with Crippen LogP contribution in [0.25, 0.3) is 0 Å². The fourth-order valence-electron chi connectivity index (χ4n) is 2.92. The van der Waals surface area contributed by atoms with Crippen LogP contribution in [0.3, 0.4) is 0 Å². The molecule has 0 aromatic carbocycles. The van der Waals surface area contributed by atoms with E-state index in [0.29, 0.717) is 11.5 Å². The van der Waals surface area contributed by atoms with Gasteiger partial charge in [-0.05, 0) is 43.2 Å². The number of hydrogen-bond acceptors (Lipinski definition) is 2. The molecule has 1 fully saturated rings. The van der Waals surface area contributed by atoms with Gasteiger partial charge in [0.2, 0.25) is 0 Å². The minimum Gasteiger partial charge on any atom is -0.314 e. The van der Waals surface area contributed by atoms with Gasteiger partial charge in [0.15, 0.2) is 0 Å². The first-order valence-corrected chi connectivity index (χ1v) is 7.76. The third kappa shape index (κ3) is 5.71. The van der Waals surface area contributed by atoms with Gasteiger partial charge in [0.05, 0.1) is 0 Å². The van der Waals surface area contributed by atoms with Crippen LogP contribution >= 0.6 is 0 Å². The van der Waals surface area contributed by atoms with Crippen LogP contribution in [0.1, 0.15) is 54.4 Å². The largest absolute Gasteiger partial charge is 0.314 e. The van der Waals surface area contributed by atoms with Crippen LogP contribution in [0.5, 0.6) is 0 Å². The fraction of sp³-hybridized carbons (Fsp3) is 1.00. The summed E-state index contributed by atoms with van der Waals surface area (Å²) in [6, 6.07) is 0.593. The second kappa shape index (κ2) is 6.91. The number of likely N-dealkylation sites (tertiary alicyclic amines) is 1. The van der Waals surface area contributed by atoms with E-state index in [0.717, 1.165) is 18.4 Å². The minimum absolute atomic E-state index is 0.384. The molecule has 0 aromatic heterocycles. The number of nitrogens with zero attached hydrogens (tertiary/aromatic N) is 1. The first kappa shape index (κ1) is 16.0. The van der Waals surface area contributed by atoms with E-state index >= 15 is 0 Å². The SMILES string of the molecule is CC(C)NCC(C)(C)CN1CCC(C(C)C)CC1. The lowest BCUT2D eigenvalue weighted by atomic mass is 9.85. The summed E-state index contributed by atoms with van der Waals surface area (Å²) in [5, 5.41) is 3.58. The van der Waals surface area contributed by atoms with Gasteiger partial charge in [-0.25, -0.2) is 0 Å². The second-order valence-corrected chi connectivity index (χ2v) is 7.56. The Kier molecular flexibility index (Phi) is 6.13. The maximum absolute atomic E-state index is 3.58. The minimum atomic E-state index is 0.384. The average molecular weight is 254 g/mol. The van der Waals surface area contributed by atoms with Gasteiger partial charge in [0.25, 0.3) is 0 Å². The summed E-state index contributed by atoms with van der Waals surface area (Å²) >= 11 is 0. The molecular formula is C16H34N2. The number of hydrogen-bond donors (Lipinski definition) is 1. The summed E-state index contributed by atoms with van der Waals surface area (Å²) in [5.74, 6) is 1.82. The molecule has 0 aromatic rings. The molecule has 108 valence electrons. The molecule has 1 N–H and O–H groups in total. The molecule has 18 heavy (non-hydrogen) atoms. The first-order valence-electron chi connectivity index (χ1n) is 7.76. The highest BCUT2D eigenvalue weighted by Gasteiger charge is 2.26. The number of piperidine rings is 1. The second-order valence-electron chi connectivity index (χ2n) is 7.56. The summed E-state index contributed by atoms with van der Waals surface area (Å²) in [5.41, 5.74) is 0.384. The van der Waals surface area contributed by atoms with Crippen LogP contribution in [0.2, 0.25) is 0 Å². The Morgan fingerprint density at radius 1 is 1.11 bits per heavy atom. The summed E-state index contributed by atoms with van der Waals surface area (Å²) in [4.78, 5) is 2.67. The van der Waals surface area contributed by atoms with E-state index in [9.17, 15) is 0 Å². The summed E-state index contributed by atoms with van der Waals surface area (Å²) in [6.07, 6.45) is 2.79. The third-order valence-electron chi connectivity index (χ3n) is 4.22. The smallest absolute Gasteiger partial charge is 0.00448 e. The maximum Gasteiger partial charge on any atom is 0.00448 e. The quantitative estimate of drug-likeness (QED) is 0.782. The average Bonchev–Trinajstić information content (AvgIpc) is 2.27. The Morgan fingerprint density at radius 3 is 2.11 bits per heavy atom. The molecule has 1 saturated heterocycles. The summed E-state index contributed by atoms with van der Waals surface area (Å²) in [7, 11) is 0. The van der Waals surface area contributed by atoms with Gasteiger partial charge in [-0.15, -0.1) is 0 Å². The summed E-state index contributed by atoms with van der Waals surface area (Å²) in [6.45, 7) is 18.9. The topological polar surface area (TPSA) is 15.3 Å². The van der Waals surface area contributed by atoms with Gasteiger partial charge < -0.3 is 10.2 Å². The molecule has 0 aliphatic carbocycles. The summed E-state index contributed by atoms with van der Waals surface area (Å²) < 4.78 is 0. The molecule has 2 nitrogen and oxygen atoms in total. The van der Waals surface area contributed by atoms with Crippen molar-refractivity contribution in [3.8, 4) is 0 Å². The third-order valence-corrected chi connectivity index (χ3v) is 4.22. The van der Waals surface area contributed by atoms with Crippen molar-refractivity contribution in [2.24, 2.45) is 17.3 Å². The van der Waals surface area contributed by atoms with Crippen molar-refractivity contribution in [3.05, 3.63) is 0 Å². The highest BCUT2D eigenvalue weighted by atomic mass is 15.1. The van der Waals surface area contributed by atoms with Gasteiger partial charge in [-0.2, -0.15) is 0 Å². The van der Waals surface area contributed by atoms with E-state index in [-0.39, 0.29) is 0 Å². The van der Waals surface area contributed by atoms with Crippen LogP contribution < -0.4 is 5.32 Å². The highest BCUT2D eigenvalue weighted by Crippen LogP contribution is 2.26. The van der Waals surface area contributed by atoms with E-state index in [2.05, 4.69) is 51.8 Å². The molecule has 1 rings (SSSR count). The molecular weight excluding hydrogens is 220 g/mol. The van der Waals surface area contributed by atoms with Crippen molar-refractivity contribution in [3.63, 3.8) is 0 Å². The van der Waals surface area contributed by atoms with Gasteiger partial charge in [-0.1, -0.05) is 41.5 Å². The molecule has 0 spiro atoms. The molecule has 0 bridgehead atoms. The molecule has 0 radical (unpaired) electrons. The van der Waals surface area contributed by atoms with Crippen LogP contribution in [0.4, 0.5) is 0 Å². The van der Waals surface area contributed by atoms with Crippen LogP contribution in [-0.2, 0) is 0 Å².